The number of fused-ring (bicyclic) bond motifs is 1. The molecular weight excluding hydrogens is 396 g/mol. The van der Waals surface area contributed by atoms with Crippen LogP contribution in [0, 0.1) is 10.1 Å². The fourth-order valence-electron chi connectivity index (χ4n) is 2.88. The molecule has 3 aromatic carbocycles. The Morgan fingerprint density at radius 1 is 0.931 bits per heavy atom. The number of non-ortho nitro benzene ring substituents is 1. The Kier molecular flexibility index (Phi) is 4.40. The molecular formula is C19H12N4O5S. The second-order valence-electron chi connectivity index (χ2n) is 6.05. The molecule has 0 fully saturated rings. The van der Waals surface area contributed by atoms with Crippen LogP contribution in [0.5, 0.6) is 0 Å². The van der Waals surface area contributed by atoms with Gasteiger partial charge >= 0.3 is 0 Å². The van der Waals surface area contributed by atoms with Crippen molar-refractivity contribution in [3.05, 3.63) is 88.5 Å². The molecule has 0 saturated carbocycles. The van der Waals surface area contributed by atoms with Gasteiger partial charge in [0.15, 0.2) is 0 Å². The first-order chi connectivity index (χ1) is 13.9. The number of sulfone groups is 1. The second kappa shape index (κ2) is 6.91. The fraction of sp³-hybridized carbons (Fsp3) is 0. The predicted molar refractivity (Wildman–Crippen MR) is 102 cm³/mol. The summed E-state index contributed by atoms with van der Waals surface area (Å²) in [5, 5.41) is 18.6. The van der Waals surface area contributed by atoms with Crippen molar-refractivity contribution in [2.45, 2.75) is 9.79 Å². The maximum Gasteiger partial charge on any atom is 0.281 e. The lowest BCUT2D eigenvalue weighted by molar-refractivity contribution is -0.384. The van der Waals surface area contributed by atoms with Gasteiger partial charge in [0, 0.05) is 12.1 Å². The minimum absolute atomic E-state index is 0.0819. The number of para-hydroxylation sites is 1. The van der Waals surface area contributed by atoms with Crippen LogP contribution in [0.25, 0.3) is 11.0 Å². The molecule has 0 bridgehead atoms. The van der Waals surface area contributed by atoms with Gasteiger partial charge in [-0.05, 0) is 36.4 Å². The van der Waals surface area contributed by atoms with Gasteiger partial charge in [-0.15, -0.1) is 5.10 Å². The van der Waals surface area contributed by atoms with Crippen LogP contribution in [0.15, 0.2) is 82.6 Å². The topological polar surface area (TPSA) is 125 Å². The summed E-state index contributed by atoms with van der Waals surface area (Å²) in [7, 11) is -4.11. The van der Waals surface area contributed by atoms with E-state index in [2.05, 4.69) is 10.3 Å². The van der Waals surface area contributed by atoms with Crippen molar-refractivity contribution in [2.24, 2.45) is 0 Å². The molecule has 0 N–H and O–H groups in total. The molecule has 4 rings (SSSR count). The Labute approximate surface area is 164 Å². The van der Waals surface area contributed by atoms with E-state index in [0.717, 1.165) is 28.9 Å². The van der Waals surface area contributed by atoms with Gasteiger partial charge in [0.25, 0.3) is 11.6 Å². The molecule has 0 atom stereocenters. The first kappa shape index (κ1) is 18.4. The summed E-state index contributed by atoms with van der Waals surface area (Å²) < 4.78 is 27.3. The average Bonchev–Trinajstić information content (AvgIpc) is 3.17. The number of nitro groups is 1. The van der Waals surface area contributed by atoms with Crippen LogP contribution in [0.3, 0.4) is 0 Å². The summed E-state index contributed by atoms with van der Waals surface area (Å²) in [4.78, 5) is 22.9. The van der Waals surface area contributed by atoms with Crippen molar-refractivity contribution in [3.8, 4) is 0 Å². The zero-order valence-electron chi connectivity index (χ0n) is 14.7. The molecule has 0 aliphatic heterocycles. The van der Waals surface area contributed by atoms with Crippen molar-refractivity contribution in [3.63, 3.8) is 0 Å². The number of carbonyl (C=O) groups excluding carboxylic acids is 1. The molecule has 0 amide bonds. The minimum atomic E-state index is -4.11. The largest absolute Gasteiger partial charge is 0.281 e. The zero-order chi connectivity index (χ0) is 20.6. The molecule has 9 nitrogen and oxygen atoms in total. The standard InChI is InChI=1S/C19H12N4O5S/c24-19(22-17-7-3-2-6-16(17)20-21-22)15-5-1-4-8-18(15)29(27,28)14-11-9-13(10-12-14)23(25)26/h1-12H. The van der Waals surface area contributed by atoms with E-state index >= 15 is 0 Å². The number of carbonyl (C=O) groups is 1. The van der Waals surface area contributed by atoms with Gasteiger partial charge in [0.2, 0.25) is 9.84 Å². The van der Waals surface area contributed by atoms with E-state index in [1.807, 2.05) is 0 Å². The molecule has 1 heterocycles. The van der Waals surface area contributed by atoms with Crippen molar-refractivity contribution in [1.29, 1.82) is 0 Å². The molecule has 29 heavy (non-hydrogen) atoms. The molecule has 0 spiro atoms. The van der Waals surface area contributed by atoms with Gasteiger partial charge in [0.05, 0.1) is 25.8 Å². The number of hydrogen-bond acceptors (Lipinski definition) is 7. The van der Waals surface area contributed by atoms with Crippen molar-refractivity contribution in [2.75, 3.05) is 0 Å². The van der Waals surface area contributed by atoms with E-state index in [1.165, 1.54) is 18.2 Å². The second-order valence-corrected chi connectivity index (χ2v) is 7.96. The molecule has 0 unspecified atom stereocenters. The lowest BCUT2D eigenvalue weighted by Gasteiger charge is -2.10. The fourth-order valence-corrected chi connectivity index (χ4v) is 4.34. The highest BCUT2D eigenvalue weighted by molar-refractivity contribution is 7.91. The number of nitrogens with zero attached hydrogens (tertiary/aromatic N) is 4. The van der Waals surface area contributed by atoms with Crippen LogP contribution in [0.1, 0.15) is 10.4 Å². The third-order valence-corrected chi connectivity index (χ3v) is 6.14. The zero-order valence-corrected chi connectivity index (χ0v) is 15.5. The molecule has 0 aliphatic carbocycles. The molecule has 0 aliphatic rings. The summed E-state index contributed by atoms with van der Waals surface area (Å²) >= 11 is 0. The first-order valence-electron chi connectivity index (χ1n) is 8.33. The van der Waals surface area contributed by atoms with Gasteiger partial charge in [-0.3, -0.25) is 14.9 Å². The van der Waals surface area contributed by atoms with Crippen LogP contribution >= 0.6 is 0 Å². The Bertz CT molecular complexity index is 1360. The number of benzene rings is 3. The van der Waals surface area contributed by atoms with Crippen LogP contribution in [-0.4, -0.2) is 34.2 Å². The summed E-state index contributed by atoms with van der Waals surface area (Å²) in [6, 6.07) is 17.0. The predicted octanol–water partition coefficient (Wildman–Crippen LogP) is 2.86. The first-order valence-corrected chi connectivity index (χ1v) is 9.81. The van der Waals surface area contributed by atoms with Crippen LogP contribution < -0.4 is 0 Å². The highest BCUT2D eigenvalue weighted by Gasteiger charge is 2.26. The van der Waals surface area contributed by atoms with Crippen molar-refractivity contribution >= 4 is 32.5 Å². The van der Waals surface area contributed by atoms with E-state index in [-0.39, 0.29) is 21.0 Å². The Balaban J connectivity index is 1.82. The highest BCUT2D eigenvalue weighted by Crippen LogP contribution is 2.26. The third-order valence-electron chi connectivity index (χ3n) is 4.31. The molecule has 0 saturated heterocycles. The van der Waals surface area contributed by atoms with E-state index in [0.29, 0.717) is 11.0 Å². The maximum absolute atomic E-state index is 13.1. The maximum atomic E-state index is 13.1. The van der Waals surface area contributed by atoms with Crippen LogP contribution in [0.2, 0.25) is 0 Å². The third kappa shape index (κ3) is 3.15. The Morgan fingerprint density at radius 2 is 1.59 bits per heavy atom. The van der Waals surface area contributed by atoms with Gasteiger partial charge in [-0.1, -0.05) is 29.5 Å². The number of nitro benzene ring substituents is 1. The Morgan fingerprint density at radius 3 is 2.31 bits per heavy atom. The molecule has 10 heteroatoms. The highest BCUT2D eigenvalue weighted by atomic mass is 32.2. The summed E-state index contributed by atoms with van der Waals surface area (Å²) in [6.07, 6.45) is 0. The normalized spacial score (nSPS) is 11.4. The van der Waals surface area contributed by atoms with Crippen molar-refractivity contribution < 1.29 is 18.1 Å². The van der Waals surface area contributed by atoms with Gasteiger partial charge in [0.1, 0.15) is 5.52 Å². The molecule has 1 aromatic heterocycles. The minimum Gasteiger partial charge on any atom is -0.267 e. The lowest BCUT2D eigenvalue weighted by atomic mass is 10.2. The molecule has 4 aromatic rings. The average molecular weight is 408 g/mol. The quantitative estimate of drug-likeness (QED) is 0.375. The molecule has 0 radical (unpaired) electrons. The van der Waals surface area contributed by atoms with Gasteiger partial charge < -0.3 is 0 Å². The number of aromatic nitrogens is 3. The number of hydrogen-bond donors (Lipinski definition) is 0. The van der Waals surface area contributed by atoms with E-state index in [1.54, 1.807) is 30.3 Å². The van der Waals surface area contributed by atoms with E-state index in [9.17, 15) is 23.3 Å². The summed E-state index contributed by atoms with van der Waals surface area (Å²) in [5.41, 5.74) is 0.625. The van der Waals surface area contributed by atoms with E-state index < -0.39 is 20.7 Å². The number of rotatable bonds is 4. The summed E-state index contributed by atoms with van der Waals surface area (Å²) in [5.74, 6) is -0.653. The van der Waals surface area contributed by atoms with Gasteiger partial charge in [-0.2, -0.15) is 4.68 Å². The smallest absolute Gasteiger partial charge is 0.267 e. The lowest BCUT2D eigenvalue weighted by Crippen LogP contribution is -2.17. The Hall–Kier alpha value is -3.92. The van der Waals surface area contributed by atoms with E-state index in [4.69, 9.17) is 0 Å². The van der Waals surface area contributed by atoms with Crippen LogP contribution in [0.4, 0.5) is 5.69 Å². The monoisotopic (exact) mass is 408 g/mol. The van der Waals surface area contributed by atoms with Crippen molar-refractivity contribution in [1.82, 2.24) is 15.0 Å². The van der Waals surface area contributed by atoms with Gasteiger partial charge in [-0.25, -0.2) is 8.42 Å². The van der Waals surface area contributed by atoms with Crippen LogP contribution in [-0.2, 0) is 9.84 Å². The SMILES string of the molecule is O=C(c1ccccc1S(=O)(=O)c1ccc([N+](=O)[O-])cc1)n1nnc2ccccc21. The summed E-state index contributed by atoms with van der Waals surface area (Å²) in [6.45, 7) is 0. The molecule has 144 valence electrons.